The van der Waals surface area contributed by atoms with Crippen LogP contribution in [0.2, 0.25) is 0 Å². The van der Waals surface area contributed by atoms with E-state index in [2.05, 4.69) is 37.8 Å². The molecule has 0 aliphatic carbocycles. The number of ether oxygens (including phenoxy) is 1. The number of hydrogen-bond donors (Lipinski definition) is 1. The Bertz CT molecular complexity index is 1640. The summed E-state index contributed by atoms with van der Waals surface area (Å²) in [7, 11) is 1.41. The standard InChI is InChI=1S/C29H26FN7O2/c1-18(38)3-4-19-7-25(28-22(10-31)13-34-37(28)15-19)21-5-6-27(32-12-21)35-16-23-9-24(17-35)36(23)14-20-8-26(30)29(39-2)33-11-20/h5-8,11-13,15,18,23-24,38H,9,14,16-17H2,1-2H3/t18-,23?,24?/m1/s1. The molecule has 3 aliphatic heterocycles. The molecule has 39 heavy (non-hydrogen) atoms. The second kappa shape index (κ2) is 9.99. The first kappa shape index (κ1) is 24.8. The van der Waals surface area contributed by atoms with Crippen molar-refractivity contribution in [3.8, 4) is 34.9 Å². The highest BCUT2D eigenvalue weighted by molar-refractivity contribution is 5.85. The predicted octanol–water partition coefficient (Wildman–Crippen LogP) is 3.01. The average Bonchev–Trinajstić information content (AvgIpc) is 3.38. The first-order valence-corrected chi connectivity index (χ1v) is 12.7. The Labute approximate surface area is 225 Å². The number of rotatable bonds is 5. The number of pyridine rings is 3. The van der Waals surface area contributed by atoms with Crippen LogP contribution in [0.3, 0.4) is 0 Å². The van der Waals surface area contributed by atoms with Crippen molar-refractivity contribution in [2.75, 3.05) is 25.1 Å². The largest absolute Gasteiger partial charge is 0.479 e. The van der Waals surface area contributed by atoms with Crippen molar-refractivity contribution in [2.24, 2.45) is 0 Å². The van der Waals surface area contributed by atoms with Crippen LogP contribution in [-0.4, -0.2) is 68.0 Å². The van der Waals surface area contributed by atoms with Gasteiger partial charge in [0.1, 0.15) is 18.0 Å². The van der Waals surface area contributed by atoms with Gasteiger partial charge in [0.15, 0.2) is 5.82 Å². The molecule has 7 rings (SSSR count). The molecule has 0 saturated carbocycles. The van der Waals surface area contributed by atoms with Gasteiger partial charge in [-0.1, -0.05) is 11.8 Å². The maximum Gasteiger partial charge on any atom is 0.250 e. The van der Waals surface area contributed by atoms with Crippen LogP contribution in [0, 0.1) is 29.0 Å². The molecule has 0 radical (unpaired) electrons. The van der Waals surface area contributed by atoms with Gasteiger partial charge in [-0.15, -0.1) is 0 Å². The molecule has 1 N–H and O–H groups in total. The van der Waals surface area contributed by atoms with E-state index in [1.807, 2.05) is 24.4 Å². The van der Waals surface area contributed by atoms with Crippen molar-refractivity contribution in [3.63, 3.8) is 0 Å². The van der Waals surface area contributed by atoms with E-state index < -0.39 is 11.9 Å². The van der Waals surface area contributed by atoms with Gasteiger partial charge < -0.3 is 14.7 Å². The molecular weight excluding hydrogens is 497 g/mol. The Balaban J connectivity index is 1.21. The second-order valence-electron chi connectivity index (χ2n) is 9.91. The Hall–Kier alpha value is -4.51. The molecule has 3 saturated heterocycles. The van der Waals surface area contributed by atoms with E-state index in [0.29, 0.717) is 35.3 Å². The number of aromatic nitrogens is 4. The van der Waals surface area contributed by atoms with Gasteiger partial charge in [-0.3, -0.25) is 4.90 Å². The highest BCUT2D eigenvalue weighted by Gasteiger charge is 2.44. The molecule has 2 bridgehead atoms. The predicted molar refractivity (Wildman–Crippen MR) is 142 cm³/mol. The summed E-state index contributed by atoms with van der Waals surface area (Å²) in [6, 6.07) is 10.3. The van der Waals surface area contributed by atoms with Crippen molar-refractivity contribution >= 4 is 11.3 Å². The molecular formula is C29H26FN7O2. The van der Waals surface area contributed by atoms with E-state index in [-0.39, 0.29) is 5.88 Å². The summed E-state index contributed by atoms with van der Waals surface area (Å²) < 4.78 is 20.7. The molecule has 0 amide bonds. The molecule has 3 fully saturated rings. The number of halogens is 1. The molecule has 9 nitrogen and oxygen atoms in total. The minimum absolute atomic E-state index is 0.0143. The number of fused-ring (bicyclic) bond motifs is 3. The number of methoxy groups -OCH3 is 1. The number of nitrogens with zero attached hydrogens (tertiary/aromatic N) is 7. The first-order chi connectivity index (χ1) is 18.9. The molecule has 7 heterocycles. The molecule has 4 aromatic rings. The minimum atomic E-state index is -0.752. The van der Waals surface area contributed by atoms with Gasteiger partial charge in [-0.05, 0) is 43.2 Å². The van der Waals surface area contributed by atoms with Crippen LogP contribution in [0.5, 0.6) is 5.88 Å². The number of piperazine rings is 1. The quantitative estimate of drug-likeness (QED) is 0.399. The van der Waals surface area contributed by atoms with Crippen molar-refractivity contribution in [1.29, 1.82) is 5.26 Å². The molecule has 196 valence electrons. The summed E-state index contributed by atoms with van der Waals surface area (Å²) in [5, 5.41) is 23.5. The Morgan fingerprint density at radius 2 is 2.00 bits per heavy atom. The topological polar surface area (TPSA) is 103 Å². The number of nitriles is 1. The third-order valence-corrected chi connectivity index (χ3v) is 7.31. The molecule has 3 aliphatic rings. The average molecular weight is 524 g/mol. The Morgan fingerprint density at radius 3 is 2.67 bits per heavy atom. The number of hydrogen-bond acceptors (Lipinski definition) is 8. The van der Waals surface area contributed by atoms with E-state index in [0.717, 1.165) is 42.0 Å². The lowest BCUT2D eigenvalue weighted by molar-refractivity contribution is -0.00884. The third kappa shape index (κ3) is 4.65. The van der Waals surface area contributed by atoms with Crippen LogP contribution in [0.1, 0.15) is 30.0 Å². The summed E-state index contributed by atoms with van der Waals surface area (Å²) >= 11 is 0. The molecule has 2 unspecified atom stereocenters. The van der Waals surface area contributed by atoms with Crippen molar-refractivity contribution in [3.05, 3.63) is 71.6 Å². The zero-order valence-corrected chi connectivity index (χ0v) is 21.5. The normalized spacial score (nSPS) is 19.1. The SMILES string of the molecule is COc1ncc(CN2C3CC2CN(c2ccc(-c4cc(C#C[C@@H](C)O)cn5ncc(C#N)c45)cn2)C3)cc1F. The monoisotopic (exact) mass is 523 g/mol. The summed E-state index contributed by atoms with van der Waals surface area (Å²) in [5.41, 5.74) is 4.31. The van der Waals surface area contributed by atoms with E-state index in [9.17, 15) is 14.8 Å². The van der Waals surface area contributed by atoms with Crippen LogP contribution in [0.25, 0.3) is 16.6 Å². The lowest BCUT2D eigenvalue weighted by Crippen LogP contribution is -2.68. The second-order valence-corrected chi connectivity index (χ2v) is 9.91. The van der Waals surface area contributed by atoms with Gasteiger partial charge in [-0.2, -0.15) is 10.4 Å². The molecule has 4 aromatic heterocycles. The smallest absolute Gasteiger partial charge is 0.250 e. The fraction of sp³-hybridized carbons (Fsp3) is 0.310. The maximum absolute atomic E-state index is 14.1. The summed E-state index contributed by atoms with van der Waals surface area (Å²) in [6.07, 6.45) is 7.13. The van der Waals surface area contributed by atoms with Crippen LogP contribution >= 0.6 is 0 Å². The van der Waals surface area contributed by atoms with E-state index in [4.69, 9.17) is 9.72 Å². The van der Waals surface area contributed by atoms with Crippen LogP contribution in [-0.2, 0) is 6.54 Å². The van der Waals surface area contributed by atoms with Crippen molar-refractivity contribution in [1.82, 2.24) is 24.5 Å². The molecule has 0 aromatic carbocycles. The fourth-order valence-corrected chi connectivity index (χ4v) is 5.46. The molecule has 10 heteroatoms. The molecule has 3 atom stereocenters. The summed E-state index contributed by atoms with van der Waals surface area (Å²) in [4.78, 5) is 13.5. The number of aliphatic hydroxyl groups excluding tert-OH is 1. The number of piperidine rings is 1. The number of aliphatic hydroxyl groups is 1. The zero-order valence-electron chi connectivity index (χ0n) is 21.5. The van der Waals surface area contributed by atoms with Gasteiger partial charge in [0.2, 0.25) is 5.88 Å². The maximum atomic E-state index is 14.1. The Kier molecular flexibility index (Phi) is 6.35. The van der Waals surface area contributed by atoms with Crippen molar-refractivity contribution < 1.29 is 14.2 Å². The first-order valence-electron chi connectivity index (χ1n) is 12.7. The van der Waals surface area contributed by atoms with Gasteiger partial charge in [0, 0.05) is 67.0 Å². The third-order valence-electron chi connectivity index (χ3n) is 7.31. The van der Waals surface area contributed by atoms with Gasteiger partial charge in [0.25, 0.3) is 0 Å². The molecule has 0 spiro atoms. The zero-order chi connectivity index (χ0) is 27.1. The van der Waals surface area contributed by atoms with E-state index >= 15 is 0 Å². The highest BCUT2D eigenvalue weighted by Crippen LogP contribution is 2.36. The summed E-state index contributed by atoms with van der Waals surface area (Å²) in [6.45, 7) is 3.94. The summed E-state index contributed by atoms with van der Waals surface area (Å²) in [5.74, 6) is 6.19. The number of anilines is 1. The highest BCUT2D eigenvalue weighted by atomic mass is 19.1. The van der Waals surface area contributed by atoms with Crippen LogP contribution in [0.4, 0.5) is 10.2 Å². The van der Waals surface area contributed by atoms with E-state index in [1.165, 1.54) is 19.4 Å². The minimum Gasteiger partial charge on any atom is -0.479 e. The van der Waals surface area contributed by atoms with E-state index in [1.54, 1.807) is 23.8 Å². The van der Waals surface area contributed by atoms with Crippen LogP contribution < -0.4 is 9.64 Å². The van der Waals surface area contributed by atoms with Crippen LogP contribution in [0.15, 0.2) is 49.1 Å². The Morgan fingerprint density at radius 1 is 1.18 bits per heavy atom. The lowest BCUT2D eigenvalue weighted by atomic mass is 9.87. The van der Waals surface area contributed by atoms with Crippen molar-refractivity contribution in [2.45, 2.75) is 38.1 Å². The van der Waals surface area contributed by atoms with Gasteiger partial charge >= 0.3 is 0 Å². The van der Waals surface area contributed by atoms with Gasteiger partial charge in [-0.25, -0.2) is 18.9 Å². The lowest BCUT2D eigenvalue weighted by Gasteiger charge is -2.56. The van der Waals surface area contributed by atoms with Gasteiger partial charge in [0.05, 0.1) is 24.4 Å². The fourth-order valence-electron chi connectivity index (χ4n) is 5.46.